The smallest absolute Gasteiger partial charge is 0.256 e. The molecular weight excluding hydrogens is 200 g/mol. The minimum atomic E-state index is -1.32. The van der Waals surface area contributed by atoms with Gasteiger partial charge < -0.3 is 20.1 Å². The molecule has 1 unspecified atom stereocenters. The lowest BCUT2D eigenvalue weighted by Crippen LogP contribution is -2.43. The minimum Gasteiger partial charge on any atom is -0.393 e. The molecule has 6 nitrogen and oxygen atoms in total. The van der Waals surface area contributed by atoms with Gasteiger partial charge in [0.05, 0.1) is 12.8 Å². The molecule has 0 aromatic carbocycles. The van der Waals surface area contributed by atoms with Crippen LogP contribution in [0.25, 0.3) is 0 Å². The first-order valence-electron chi connectivity index (χ1n) is 4.49. The Labute approximate surface area is 86.9 Å². The Bertz CT molecular complexity index is 346. The van der Waals surface area contributed by atoms with Gasteiger partial charge in [-0.2, -0.15) is 0 Å². The molecule has 0 spiro atoms. The fraction of sp³-hybridized carbons (Fsp3) is 0.556. The number of carbonyl (C=O) groups excluding carboxylic acids is 1. The summed E-state index contributed by atoms with van der Waals surface area (Å²) in [6, 6.07) is 0. The first kappa shape index (κ1) is 11.7. The zero-order chi connectivity index (χ0) is 11.5. The van der Waals surface area contributed by atoms with Crippen LogP contribution < -0.4 is 5.32 Å². The number of nitrogens with zero attached hydrogens (tertiary/aromatic N) is 1. The second kappa shape index (κ2) is 4.41. The second-order valence-corrected chi connectivity index (χ2v) is 3.63. The van der Waals surface area contributed by atoms with E-state index < -0.39 is 12.2 Å². The molecule has 0 aliphatic rings. The van der Waals surface area contributed by atoms with Gasteiger partial charge in [0.25, 0.3) is 5.91 Å². The maximum absolute atomic E-state index is 11.5. The Morgan fingerprint density at radius 2 is 2.40 bits per heavy atom. The zero-order valence-electron chi connectivity index (χ0n) is 8.65. The van der Waals surface area contributed by atoms with Crippen LogP contribution in [0.3, 0.4) is 0 Å². The highest BCUT2D eigenvalue weighted by atomic mass is 16.5. The molecule has 0 radical (unpaired) electrons. The van der Waals surface area contributed by atoms with E-state index in [1.807, 2.05) is 0 Å². The van der Waals surface area contributed by atoms with Gasteiger partial charge in [-0.3, -0.25) is 4.79 Å². The van der Waals surface area contributed by atoms with Crippen molar-refractivity contribution in [1.82, 2.24) is 10.5 Å². The summed E-state index contributed by atoms with van der Waals surface area (Å²) in [5, 5.41) is 24.1. The first-order valence-corrected chi connectivity index (χ1v) is 4.49. The van der Waals surface area contributed by atoms with Crippen molar-refractivity contribution in [3.05, 3.63) is 17.5 Å². The van der Waals surface area contributed by atoms with Crippen molar-refractivity contribution in [1.29, 1.82) is 0 Å². The number of hydrogen-bond donors (Lipinski definition) is 3. The third-order valence-corrected chi connectivity index (χ3v) is 1.97. The highest BCUT2D eigenvalue weighted by Crippen LogP contribution is 2.06. The molecule has 15 heavy (non-hydrogen) atoms. The van der Waals surface area contributed by atoms with Crippen molar-refractivity contribution in [2.75, 3.05) is 13.2 Å². The summed E-state index contributed by atoms with van der Waals surface area (Å²) in [6.45, 7) is 2.59. The number of hydrogen-bond acceptors (Lipinski definition) is 5. The predicted octanol–water partition coefficient (Wildman–Crippen LogP) is -0.544. The van der Waals surface area contributed by atoms with Crippen molar-refractivity contribution in [3.63, 3.8) is 0 Å². The lowest BCUT2D eigenvalue weighted by molar-refractivity contribution is 0.00319. The molecule has 84 valence electrons. The number of amides is 1. The van der Waals surface area contributed by atoms with Gasteiger partial charge in [-0.25, -0.2) is 0 Å². The fourth-order valence-corrected chi connectivity index (χ4v) is 0.939. The topological polar surface area (TPSA) is 95.6 Å². The summed E-state index contributed by atoms with van der Waals surface area (Å²) in [6.07, 6.45) is 1.30. The van der Waals surface area contributed by atoms with E-state index in [0.717, 1.165) is 0 Å². The van der Waals surface area contributed by atoms with Gasteiger partial charge in [-0.1, -0.05) is 5.16 Å². The van der Waals surface area contributed by atoms with Crippen LogP contribution in [-0.2, 0) is 0 Å². The molecule has 0 saturated carbocycles. The van der Waals surface area contributed by atoms with Crippen molar-refractivity contribution in [2.45, 2.75) is 19.4 Å². The Kier molecular flexibility index (Phi) is 3.43. The molecule has 0 saturated heterocycles. The molecule has 1 heterocycles. The van der Waals surface area contributed by atoms with Crippen LogP contribution >= 0.6 is 0 Å². The van der Waals surface area contributed by atoms with E-state index in [1.165, 1.54) is 13.1 Å². The van der Waals surface area contributed by atoms with Gasteiger partial charge in [0, 0.05) is 6.54 Å². The normalized spacial score (nSPS) is 14.7. The SMILES string of the molecule is Cc1oncc1C(=O)NCC(C)(O)CO. The number of aromatic nitrogens is 1. The minimum absolute atomic E-state index is 0.0348. The van der Waals surface area contributed by atoms with Crippen LogP contribution in [0.15, 0.2) is 10.7 Å². The highest BCUT2D eigenvalue weighted by Gasteiger charge is 2.21. The van der Waals surface area contributed by atoms with Gasteiger partial charge in [0.15, 0.2) is 0 Å². The van der Waals surface area contributed by atoms with Gasteiger partial charge >= 0.3 is 0 Å². The molecule has 1 rings (SSSR count). The Morgan fingerprint density at radius 3 is 2.87 bits per heavy atom. The van der Waals surface area contributed by atoms with Gasteiger partial charge in [-0.05, 0) is 13.8 Å². The molecule has 0 aliphatic heterocycles. The van der Waals surface area contributed by atoms with Crippen LogP contribution in [0.4, 0.5) is 0 Å². The van der Waals surface area contributed by atoms with Gasteiger partial charge in [0.1, 0.15) is 16.9 Å². The maximum atomic E-state index is 11.5. The molecule has 1 amide bonds. The number of aryl methyl sites for hydroxylation is 1. The van der Waals surface area contributed by atoms with Crippen LogP contribution in [-0.4, -0.2) is 40.0 Å². The predicted molar refractivity (Wildman–Crippen MR) is 51.3 cm³/mol. The third-order valence-electron chi connectivity index (χ3n) is 1.97. The van der Waals surface area contributed by atoms with E-state index >= 15 is 0 Å². The average Bonchev–Trinajstić information content (AvgIpc) is 2.61. The largest absolute Gasteiger partial charge is 0.393 e. The first-order chi connectivity index (χ1) is 6.96. The third kappa shape index (κ3) is 3.03. The van der Waals surface area contributed by atoms with E-state index in [4.69, 9.17) is 9.63 Å². The molecule has 6 heteroatoms. The standard InChI is InChI=1S/C9H14N2O4/c1-6-7(3-11-15-6)8(13)10-4-9(2,14)5-12/h3,12,14H,4-5H2,1-2H3,(H,10,13). The average molecular weight is 214 g/mol. The zero-order valence-corrected chi connectivity index (χ0v) is 8.65. The molecule has 1 aromatic heterocycles. The summed E-state index contributed by atoms with van der Waals surface area (Å²) in [4.78, 5) is 11.5. The van der Waals surface area contributed by atoms with Crippen molar-refractivity contribution >= 4 is 5.91 Å². The monoisotopic (exact) mass is 214 g/mol. The Balaban J connectivity index is 2.55. The summed E-state index contributed by atoms with van der Waals surface area (Å²) >= 11 is 0. The van der Waals surface area contributed by atoms with Crippen molar-refractivity contribution < 1.29 is 19.5 Å². The lowest BCUT2D eigenvalue weighted by atomic mass is 10.1. The highest BCUT2D eigenvalue weighted by molar-refractivity contribution is 5.94. The summed E-state index contributed by atoms with van der Waals surface area (Å²) < 4.78 is 4.72. The van der Waals surface area contributed by atoms with E-state index in [1.54, 1.807) is 6.92 Å². The molecular formula is C9H14N2O4. The molecule has 3 N–H and O–H groups in total. The lowest BCUT2D eigenvalue weighted by Gasteiger charge is -2.20. The number of aliphatic hydroxyl groups is 2. The molecule has 0 bridgehead atoms. The summed E-state index contributed by atoms with van der Waals surface area (Å²) in [7, 11) is 0. The van der Waals surface area contributed by atoms with Crippen LogP contribution in [0.1, 0.15) is 23.0 Å². The fourth-order valence-electron chi connectivity index (χ4n) is 0.939. The summed E-state index contributed by atoms with van der Waals surface area (Å²) in [5.41, 5.74) is -0.996. The van der Waals surface area contributed by atoms with E-state index in [-0.39, 0.29) is 12.5 Å². The number of rotatable bonds is 4. The molecule has 0 aliphatic carbocycles. The van der Waals surface area contributed by atoms with E-state index in [0.29, 0.717) is 11.3 Å². The van der Waals surface area contributed by atoms with Crippen molar-refractivity contribution in [3.8, 4) is 0 Å². The van der Waals surface area contributed by atoms with E-state index in [2.05, 4.69) is 10.5 Å². The Hall–Kier alpha value is -1.40. The van der Waals surface area contributed by atoms with Gasteiger partial charge in [-0.15, -0.1) is 0 Å². The van der Waals surface area contributed by atoms with Gasteiger partial charge in [0.2, 0.25) is 0 Å². The summed E-state index contributed by atoms with van der Waals surface area (Å²) in [5.74, 6) is 0.0265. The van der Waals surface area contributed by atoms with Crippen LogP contribution in [0.2, 0.25) is 0 Å². The number of nitrogens with one attached hydrogen (secondary N) is 1. The molecule has 0 fully saturated rings. The number of carbonyl (C=O) groups is 1. The number of aliphatic hydroxyl groups excluding tert-OH is 1. The second-order valence-electron chi connectivity index (χ2n) is 3.63. The molecule has 1 atom stereocenters. The van der Waals surface area contributed by atoms with Crippen LogP contribution in [0, 0.1) is 6.92 Å². The quantitative estimate of drug-likeness (QED) is 0.625. The van der Waals surface area contributed by atoms with Crippen LogP contribution in [0.5, 0.6) is 0 Å². The Morgan fingerprint density at radius 1 is 1.73 bits per heavy atom. The van der Waals surface area contributed by atoms with E-state index in [9.17, 15) is 9.90 Å². The maximum Gasteiger partial charge on any atom is 0.256 e. The molecule has 1 aromatic rings. The van der Waals surface area contributed by atoms with Crippen molar-refractivity contribution in [2.24, 2.45) is 0 Å².